The van der Waals surface area contributed by atoms with Crippen LogP contribution in [0.1, 0.15) is 28.3 Å². The Morgan fingerprint density at radius 1 is 1.28 bits per heavy atom. The van der Waals surface area contributed by atoms with E-state index in [4.69, 9.17) is 11.6 Å². The zero-order chi connectivity index (χ0) is 13.3. The molecule has 0 aliphatic rings. The Bertz CT molecular complexity index is 465. The van der Waals surface area contributed by atoms with Crippen LogP contribution in [0.4, 0.5) is 0 Å². The zero-order valence-electron chi connectivity index (χ0n) is 9.89. The fourth-order valence-electron chi connectivity index (χ4n) is 1.68. The van der Waals surface area contributed by atoms with Gasteiger partial charge in [-0.05, 0) is 63.0 Å². The van der Waals surface area contributed by atoms with Crippen LogP contribution in [0, 0.1) is 6.92 Å². The molecule has 1 N–H and O–H groups in total. The lowest BCUT2D eigenvalue weighted by atomic mass is 10.2. The minimum atomic E-state index is 0.221. The van der Waals surface area contributed by atoms with Gasteiger partial charge in [-0.15, -0.1) is 22.7 Å². The fraction of sp³-hybridized carbons (Fsp3) is 0.333. The zero-order valence-corrected chi connectivity index (χ0v) is 15.5. The average molecular weight is 430 g/mol. The third kappa shape index (κ3) is 3.19. The molecule has 2 heterocycles. The van der Waals surface area contributed by atoms with Gasteiger partial charge in [0.15, 0.2) is 0 Å². The van der Waals surface area contributed by atoms with E-state index >= 15 is 0 Å². The highest BCUT2D eigenvalue weighted by Gasteiger charge is 2.19. The van der Waals surface area contributed by atoms with Gasteiger partial charge in [0.25, 0.3) is 0 Å². The van der Waals surface area contributed by atoms with E-state index in [1.54, 1.807) is 22.7 Å². The minimum absolute atomic E-state index is 0.221. The topological polar surface area (TPSA) is 12.0 Å². The SMILES string of the molecule is CCNC(c1cc(C)c(Cl)s1)c1cc(Br)c(Br)s1. The largest absolute Gasteiger partial charge is 0.305 e. The van der Waals surface area contributed by atoms with Crippen molar-refractivity contribution in [2.75, 3.05) is 6.54 Å². The molecular weight excluding hydrogens is 418 g/mol. The van der Waals surface area contributed by atoms with Crippen molar-refractivity contribution in [2.45, 2.75) is 19.9 Å². The first kappa shape index (κ1) is 15.0. The quantitative estimate of drug-likeness (QED) is 0.629. The highest BCUT2D eigenvalue weighted by atomic mass is 79.9. The van der Waals surface area contributed by atoms with Crippen molar-refractivity contribution in [1.29, 1.82) is 0 Å². The lowest BCUT2D eigenvalue weighted by Crippen LogP contribution is -2.20. The van der Waals surface area contributed by atoms with Gasteiger partial charge in [-0.2, -0.15) is 0 Å². The fourth-order valence-corrected chi connectivity index (χ4v) is 5.25. The van der Waals surface area contributed by atoms with Gasteiger partial charge in [0.1, 0.15) is 0 Å². The van der Waals surface area contributed by atoms with Crippen LogP contribution >= 0.6 is 66.1 Å². The van der Waals surface area contributed by atoms with Gasteiger partial charge in [-0.1, -0.05) is 18.5 Å². The number of hydrogen-bond donors (Lipinski definition) is 1. The summed E-state index contributed by atoms with van der Waals surface area (Å²) in [5.74, 6) is 0. The smallest absolute Gasteiger partial charge is 0.0961 e. The third-order valence-corrected chi connectivity index (χ3v) is 7.46. The molecule has 0 saturated carbocycles. The maximum atomic E-state index is 6.17. The molecule has 98 valence electrons. The second kappa shape index (κ2) is 6.37. The van der Waals surface area contributed by atoms with Gasteiger partial charge in [-0.25, -0.2) is 0 Å². The van der Waals surface area contributed by atoms with Crippen molar-refractivity contribution in [3.63, 3.8) is 0 Å². The molecule has 0 aliphatic heterocycles. The predicted molar refractivity (Wildman–Crippen MR) is 89.3 cm³/mol. The van der Waals surface area contributed by atoms with Crippen LogP contribution in [0.3, 0.4) is 0 Å². The van der Waals surface area contributed by atoms with Gasteiger partial charge < -0.3 is 5.32 Å². The van der Waals surface area contributed by atoms with E-state index in [0.29, 0.717) is 0 Å². The van der Waals surface area contributed by atoms with Crippen LogP contribution < -0.4 is 5.32 Å². The summed E-state index contributed by atoms with van der Waals surface area (Å²) >= 11 is 16.7. The van der Waals surface area contributed by atoms with E-state index in [-0.39, 0.29) is 6.04 Å². The lowest BCUT2D eigenvalue weighted by Gasteiger charge is -2.14. The molecule has 1 unspecified atom stereocenters. The van der Waals surface area contributed by atoms with E-state index in [9.17, 15) is 0 Å². The molecule has 0 amide bonds. The highest BCUT2D eigenvalue weighted by molar-refractivity contribution is 9.13. The standard InChI is InChI=1S/C12H12Br2ClNS2/c1-3-16-10(8-4-6(2)12(15)18-8)9-5-7(13)11(14)17-9/h4-5,10,16H,3H2,1-2H3. The summed E-state index contributed by atoms with van der Waals surface area (Å²) in [6, 6.07) is 4.55. The maximum absolute atomic E-state index is 6.17. The van der Waals surface area contributed by atoms with Crippen molar-refractivity contribution >= 4 is 66.1 Å². The van der Waals surface area contributed by atoms with E-state index in [2.05, 4.69) is 56.2 Å². The number of nitrogens with one attached hydrogen (secondary N) is 1. The predicted octanol–water partition coefficient (Wildman–Crippen LogP) is 6.00. The molecule has 0 saturated heterocycles. The normalized spacial score (nSPS) is 12.9. The van der Waals surface area contributed by atoms with Crippen LogP contribution in [-0.2, 0) is 0 Å². The maximum Gasteiger partial charge on any atom is 0.0961 e. The number of rotatable bonds is 4. The molecule has 0 fully saturated rings. The molecule has 18 heavy (non-hydrogen) atoms. The molecule has 0 aliphatic carbocycles. The first-order valence-electron chi connectivity index (χ1n) is 5.46. The minimum Gasteiger partial charge on any atom is -0.305 e. The molecule has 1 nitrogen and oxygen atoms in total. The summed E-state index contributed by atoms with van der Waals surface area (Å²) in [5.41, 5.74) is 1.15. The molecule has 0 bridgehead atoms. The van der Waals surface area contributed by atoms with E-state index in [1.807, 2.05) is 6.92 Å². The van der Waals surface area contributed by atoms with E-state index < -0.39 is 0 Å². The molecule has 0 spiro atoms. The second-order valence-electron chi connectivity index (χ2n) is 3.87. The van der Waals surface area contributed by atoms with Gasteiger partial charge >= 0.3 is 0 Å². The Hall–Kier alpha value is 0.610. The molecule has 2 aromatic heterocycles. The molecule has 0 radical (unpaired) electrons. The number of halogens is 3. The molecule has 6 heteroatoms. The Morgan fingerprint density at radius 2 is 1.94 bits per heavy atom. The Morgan fingerprint density at radius 3 is 2.39 bits per heavy atom. The van der Waals surface area contributed by atoms with Crippen molar-refractivity contribution in [3.8, 4) is 0 Å². The molecular formula is C12H12Br2ClNS2. The van der Waals surface area contributed by atoms with Crippen molar-refractivity contribution in [3.05, 3.63) is 40.0 Å². The summed E-state index contributed by atoms with van der Waals surface area (Å²) in [5, 5.41) is 3.52. The molecule has 1 atom stereocenters. The molecule has 2 aromatic rings. The van der Waals surface area contributed by atoms with Crippen LogP contribution in [0.2, 0.25) is 4.34 Å². The number of hydrogen-bond acceptors (Lipinski definition) is 3. The summed E-state index contributed by atoms with van der Waals surface area (Å²) in [7, 11) is 0. The third-order valence-electron chi connectivity index (χ3n) is 2.52. The highest BCUT2D eigenvalue weighted by Crippen LogP contribution is 2.40. The van der Waals surface area contributed by atoms with Crippen LogP contribution in [0.25, 0.3) is 0 Å². The monoisotopic (exact) mass is 427 g/mol. The van der Waals surface area contributed by atoms with Crippen molar-refractivity contribution in [2.24, 2.45) is 0 Å². The average Bonchev–Trinajstić information content (AvgIpc) is 2.81. The summed E-state index contributed by atoms with van der Waals surface area (Å²) < 4.78 is 3.10. The van der Waals surface area contributed by atoms with Crippen LogP contribution in [0.5, 0.6) is 0 Å². The van der Waals surface area contributed by atoms with Gasteiger partial charge in [-0.3, -0.25) is 0 Å². The Labute approximate surface area is 137 Å². The van der Waals surface area contributed by atoms with Gasteiger partial charge in [0, 0.05) is 14.2 Å². The number of aryl methyl sites for hydroxylation is 1. The summed E-state index contributed by atoms with van der Waals surface area (Å²) in [6.07, 6.45) is 0. The van der Waals surface area contributed by atoms with Crippen molar-refractivity contribution in [1.82, 2.24) is 5.32 Å². The van der Waals surface area contributed by atoms with Gasteiger partial charge in [0.05, 0.1) is 14.2 Å². The molecule has 2 rings (SSSR count). The second-order valence-corrected chi connectivity index (χ2v) is 8.81. The summed E-state index contributed by atoms with van der Waals surface area (Å²) in [6.45, 7) is 5.09. The van der Waals surface area contributed by atoms with Crippen LogP contribution in [0.15, 0.2) is 20.4 Å². The Kier molecular flexibility index (Phi) is 5.31. The Balaban J connectivity index is 2.39. The first-order valence-corrected chi connectivity index (χ1v) is 9.06. The molecule has 0 aromatic carbocycles. The van der Waals surface area contributed by atoms with E-state index in [1.165, 1.54) is 9.75 Å². The summed E-state index contributed by atoms with van der Waals surface area (Å²) in [4.78, 5) is 2.55. The number of thiophene rings is 2. The first-order chi connectivity index (χ1) is 8.52. The lowest BCUT2D eigenvalue weighted by molar-refractivity contribution is 0.648. The van der Waals surface area contributed by atoms with Crippen molar-refractivity contribution < 1.29 is 0 Å². The van der Waals surface area contributed by atoms with Gasteiger partial charge in [0.2, 0.25) is 0 Å². The van der Waals surface area contributed by atoms with Crippen LogP contribution in [-0.4, -0.2) is 6.54 Å². The van der Waals surface area contributed by atoms with E-state index in [0.717, 1.165) is 24.7 Å².